The summed E-state index contributed by atoms with van der Waals surface area (Å²) in [5.74, 6) is -0.518. The van der Waals surface area contributed by atoms with E-state index >= 15 is 0 Å². The number of aryl methyl sites for hydroxylation is 1. The van der Waals surface area contributed by atoms with Crippen LogP contribution < -0.4 is 11.1 Å². The molecule has 1 aromatic carbocycles. The molecule has 5 nitrogen and oxygen atoms in total. The Balaban J connectivity index is 2.96. The van der Waals surface area contributed by atoms with Crippen LogP contribution in [0.5, 0.6) is 0 Å². The molecule has 0 radical (unpaired) electrons. The second kappa shape index (κ2) is 6.52. The Bertz CT molecular complexity index is 510. The van der Waals surface area contributed by atoms with Crippen LogP contribution in [0.2, 0.25) is 0 Å². The SMILES string of the molecule is Cc1ccc(NC(=O)C(C)C(C)N)cc1C(=O)N(C)C. The van der Waals surface area contributed by atoms with Crippen molar-refractivity contribution in [2.24, 2.45) is 11.7 Å². The molecule has 0 heterocycles. The van der Waals surface area contributed by atoms with E-state index in [1.165, 1.54) is 4.90 Å². The third kappa shape index (κ3) is 3.81. The lowest BCUT2D eigenvalue weighted by molar-refractivity contribution is -0.119. The predicted octanol–water partition coefficient (Wildman–Crippen LogP) is 1.62. The third-order valence-electron chi connectivity index (χ3n) is 3.34. The maximum absolute atomic E-state index is 12.0. The van der Waals surface area contributed by atoms with Crippen molar-refractivity contribution in [3.8, 4) is 0 Å². The van der Waals surface area contributed by atoms with Crippen molar-refractivity contribution < 1.29 is 9.59 Å². The molecule has 0 fully saturated rings. The molecule has 0 aliphatic rings. The van der Waals surface area contributed by atoms with Crippen LogP contribution in [0.1, 0.15) is 29.8 Å². The highest BCUT2D eigenvalue weighted by molar-refractivity contribution is 5.98. The Kier molecular flexibility index (Phi) is 5.27. The second-order valence-electron chi connectivity index (χ2n) is 5.37. The van der Waals surface area contributed by atoms with Crippen LogP contribution in [0.3, 0.4) is 0 Å². The summed E-state index contributed by atoms with van der Waals surface area (Å²) in [5, 5.41) is 2.79. The quantitative estimate of drug-likeness (QED) is 0.878. The number of benzene rings is 1. The van der Waals surface area contributed by atoms with Gasteiger partial charge in [0.25, 0.3) is 5.91 Å². The van der Waals surface area contributed by atoms with Gasteiger partial charge >= 0.3 is 0 Å². The van der Waals surface area contributed by atoms with Gasteiger partial charge in [-0.05, 0) is 31.5 Å². The van der Waals surface area contributed by atoms with Gasteiger partial charge in [0.15, 0.2) is 0 Å². The summed E-state index contributed by atoms with van der Waals surface area (Å²) in [5.41, 5.74) is 7.78. The van der Waals surface area contributed by atoms with Crippen LogP contribution in [-0.2, 0) is 4.79 Å². The molecular weight excluding hydrogens is 254 g/mol. The van der Waals surface area contributed by atoms with E-state index in [-0.39, 0.29) is 23.8 Å². The number of rotatable bonds is 4. The molecule has 2 atom stereocenters. The molecule has 3 N–H and O–H groups in total. The highest BCUT2D eigenvalue weighted by atomic mass is 16.2. The van der Waals surface area contributed by atoms with Crippen molar-refractivity contribution in [1.82, 2.24) is 4.90 Å². The zero-order chi connectivity index (χ0) is 15.4. The first-order valence-electron chi connectivity index (χ1n) is 6.62. The first kappa shape index (κ1) is 16.2. The molecule has 0 saturated carbocycles. The highest BCUT2D eigenvalue weighted by Gasteiger charge is 2.18. The molecule has 0 aromatic heterocycles. The topological polar surface area (TPSA) is 75.4 Å². The fraction of sp³-hybridized carbons (Fsp3) is 0.467. The molecular formula is C15H23N3O2. The molecule has 20 heavy (non-hydrogen) atoms. The van der Waals surface area contributed by atoms with Crippen molar-refractivity contribution in [1.29, 1.82) is 0 Å². The molecule has 2 unspecified atom stereocenters. The van der Waals surface area contributed by atoms with Gasteiger partial charge in [0.1, 0.15) is 0 Å². The summed E-state index contributed by atoms with van der Waals surface area (Å²) in [7, 11) is 3.40. The van der Waals surface area contributed by atoms with Crippen molar-refractivity contribution in [3.63, 3.8) is 0 Å². The Hall–Kier alpha value is -1.88. The van der Waals surface area contributed by atoms with Gasteiger partial charge in [0.2, 0.25) is 5.91 Å². The Morgan fingerprint density at radius 1 is 1.25 bits per heavy atom. The molecule has 5 heteroatoms. The van der Waals surface area contributed by atoms with Crippen molar-refractivity contribution in [2.45, 2.75) is 26.8 Å². The summed E-state index contributed by atoms with van der Waals surface area (Å²) in [4.78, 5) is 25.5. The zero-order valence-corrected chi connectivity index (χ0v) is 12.7. The minimum atomic E-state index is -0.288. The Morgan fingerprint density at radius 2 is 1.85 bits per heavy atom. The number of amides is 2. The van der Waals surface area contributed by atoms with Crippen LogP contribution >= 0.6 is 0 Å². The van der Waals surface area contributed by atoms with E-state index in [4.69, 9.17) is 5.73 Å². The van der Waals surface area contributed by atoms with Crippen LogP contribution in [0.4, 0.5) is 5.69 Å². The van der Waals surface area contributed by atoms with Gasteiger partial charge in [0.05, 0.1) is 5.92 Å². The molecule has 1 aromatic rings. The normalized spacial score (nSPS) is 13.5. The predicted molar refractivity (Wildman–Crippen MR) is 80.6 cm³/mol. The number of anilines is 1. The maximum Gasteiger partial charge on any atom is 0.253 e. The zero-order valence-electron chi connectivity index (χ0n) is 12.7. The lowest BCUT2D eigenvalue weighted by Gasteiger charge is -2.17. The number of hydrogen-bond acceptors (Lipinski definition) is 3. The minimum Gasteiger partial charge on any atom is -0.345 e. The van der Waals surface area contributed by atoms with Crippen molar-refractivity contribution >= 4 is 17.5 Å². The monoisotopic (exact) mass is 277 g/mol. The molecule has 0 bridgehead atoms. The fourth-order valence-corrected chi connectivity index (χ4v) is 1.67. The van der Waals surface area contributed by atoms with Gasteiger partial charge in [-0.3, -0.25) is 9.59 Å². The summed E-state index contributed by atoms with van der Waals surface area (Å²) in [6.45, 7) is 5.44. The average Bonchev–Trinajstić information content (AvgIpc) is 2.38. The van der Waals surface area contributed by atoms with Gasteiger partial charge in [-0.15, -0.1) is 0 Å². The molecule has 0 saturated heterocycles. The number of carbonyl (C=O) groups excluding carboxylic acids is 2. The van der Waals surface area contributed by atoms with Crippen LogP contribution in [0.25, 0.3) is 0 Å². The lowest BCUT2D eigenvalue weighted by atomic mass is 10.0. The number of nitrogens with zero attached hydrogens (tertiary/aromatic N) is 1. The van der Waals surface area contributed by atoms with Crippen LogP contribution in [0.15, 0.2) is 18.2 Å². The minimum absolute atomic E-state index is 0.0844. The molecule has 1 rings (SSSR count). The van der Waals surface area contributed by atoms with Crippen LogP contribution in [0, 0.1) is 12.8 Å². The van der Waals surface area contributed by atoms with E-state index in [0.717, 1.165) is 5.56 Å². The molecule has 110 valence electrons. The highest BCUT2D eigenvalue weighted by Crippen LogP contribution is 2.17. The Morgan fingerprint density at radius 3 is 2.35 bits per heavy atom. The summed E-state index contributed by atoms with van der Waals surface area (Å²) in [6.07, 6.45) is 0. The molecule has 0 aliphatic heterocycles. The average molecular weight is 277 g/mol. The van der Waals surface area contributed by atoms with E-state index in [2.05, 4.69) is 5.32 Å². The Labute approximate surface area is 120 Å². The van der Waals surface area contributed by atoms with E-state index in [0.29, 0.717) is 11.3 Å². The van der Waals surface area contributed by atoms with Crippen LogP contribution in [-0.4, -0.2) is 36.9 Å². The standard InChI is InChI=1S/C15H23N3O2/c1-9-6-7-12(8-13(9)15(20)18(4)5)17-14(19)10(2)11(3)16/h6-8,10-11H,16H2,1-5H3,(H,17,19). The second-order valence-corrected chi connectivity index (χ2v) is 5.37. The third-order valence-corrected chi connectivity index (χ3v) is 3.34. The fourth-order valence-electron chi connectivity index (χ4n) is 1.67. The number of hydrogen-bond donors (Lipinski definition) is 2. The smallest absolute Gasteiger partial charge is 0.253 e. The van der Waals surface area contributed by atoms with E-state index < -0.39 is 0 Å². The summed E-state index contributed by atoms with van der Waals surface area (Å²) >= 11 is 0. The summed E-state index contributed by atoms with van der Waals surface area (Å²) in [6, 6.07) is 5.09. The van der Waals surface area contributed by atoms with Gasteiger partial charge < -0.3 is 16.0 Å². The van der Waals surface area contributed by atoms with Gasteiger partial charge in [-0.1, -0.05) is 13.0 Å². The largest absolute Gasteiger partial charge is 0.345 e. The van der Waals surface area contributed by atoms with Crippen molar-refractivity contribution in [2.75, 3.05) is 19.4 Å². The van der Waals surface area contributed by atoms with E-state index in [1.807, 2.05) is 13.0 Å². The van der Waals surface area contributed by atoms with E-state index in [9.17, 15) is 9.59 Å². The van der Waals surface area contributed by atoms with E-state index in [1.54, 1.807) is 40.1 Å². The lowest BCUT2D eigenvalue weighted by Crippen LogP contribution is -2.34. The number of carbonyl (C=O) groups is 2. The number of nitrogens with one attached hydrogen (secondary N) is 1. The van der Waals surface area contributed by atoms with Gasteiger partial charge in [-0.2, -0.15) is 0 Å². The van der Waals surface area contributed by atoms with Gasteiger partial charge in [0, 0.05) is 31.4 Å². The number of nitrogens with two attached hydrogens (primary N) is 1. The molecule has 2 amide bonds. The molecule has 0 aliphatic carbocycles. The van der Waals surface area contributed by atoms with Gasteiger partial charge in [-0.25, -0.2) is 0 Å². The summed E-state index contributed by atoms with van der Waals surface area (Å²) < 4.78 is 0. The first-order valence-corrected chi connectivity index (χ1v) is 6.62. The van der Waals surface area contributed by atoms with Crippen molar-refractivity contribution in [3.05, 3.63) is 29.3 Å². The maximum atomic E-state index is 12.0. The first-order chi connectivity index (χ1) is 9.23. The molecule has 0 spiro atoms.